The van der Waals surface area contributed by atoms with Gasteiger partial charge in [0.25, 0.3) is 0 Å². The fraction of sp³-hybridized carbons (Fsp3) is 0.200. The smallest absolute Gasteiger partial charge is 0.406 e. The molecule has 0 saturated carbocycles. The van der Waals surface area contributed by atoms with Gasteiger partial charge in [0.2, 0.25) is 5.95 Å². The molecule has 0 atom stereocenters. The number of alkyl halides is 3. The highest BCUT2D eigenvalue weighted by Crippen LogP contribution is 2.23. The fourth-order valence-corrected chi connectivity index (χ4v) is 1.52. The number of rotatable bonds is 2. The summed E-state index contributed by atoms with van der Waals surface area (Å²) in [7, 11) is 1.41. The Morgan fingerprint density at radius 2 is 1.84 bits per heavy atom. The van der Waals surface area contributed by atoms with Crippen LogP contribution in [0.15, 0.2) is 29.1 Å². The molecule has 0 aliphatic heterocycles. The second-order valence-corrected chi connectivity index (χ2v) is 3.64. The lowest BCUT2D eigenvalue weighted by atomic mass is 10.3. The van der Waals surface area contributed by atoms with Crippen molar-refractivity contribution in [1.29, 1.82) is 0 Å². The van der Waals surface area contributed by atoms with Gasteiger partial charge in [0.15, 0.2) is 0 Å². The zero-order chi connectivity index (χ0) is 14.2. The van der Waals surface area contributed by atoms with Crippen LogP contribution in [-0.4, -0.2) is 20.7 Å². The summed E-state index contributed by atoms with van der Waals surface area (Å²) in [5, 5.41) is 3.70. The van der Waals surface area contributed by atoms with E-state index in [-0.39, 0.29) is 11.7 Å². The average Bonchev–Trinajstić information content (AvgIpc) is 2.53. The first kappa shape index (κ1) is 13.0. The summed E-state index contributed by atoms with van der Waals surface area (Å²) in [6, 6.07) is 4.73. The Labute approximate surface area is 104 Å². The molecule has 2 N–H and O–H groups in total. The highest BCUT2D eigenvalue weighted by molar-refractivity contribution is 5.41. The van der Waals surface area contributed by atoms with Crippen LogP contribution in [-0.2, 0) is 7.05 Å². The van der Waals surface area contributed by atoms with Gasteiger partial charge in [0, 0.05) is 7.05 Å². The van der Waals surface area contributed by atoms with Crippen LogP contribution >= 0.6 is 0 Å². The van der Waals surface area contributed by atoms with E-state index in [2.05, 4.69) is 9.84 Å². The molecular weight excluding hydrogens is 265 g/mol. The molecule has 0 amide bonds. The van der Waals surface area contributed by atoms with E-state index in [1.165, 1.54) is 19.2 Å². The lowest BCUT2D eigenvalue weighted by Gasteiger charge is -2.09. The number of ether oxygens (including phenoxy) is 1. The first-order valence-electron chi connectivity index (χ1n) is 5.05. The largest absolute Gasteiger partial charge is 0.573 e. The monoisotopic (exact) mass is 274 g/mol. The van der Waals surface area contributed by atoms with Gasteiger partial charge < -0.3 is 10.5 Å². The predicted molar refractivity (Wildman–Crippen MR) is 59.9 cm³/mol. The predicted octanol–water partition coefficient (Wildman–Crippen LogP) is 1.05. The van der Waals surface area contributed by atoms with Crippen molar-refractivity contribution in [3.05, 3.63) is 34.7 Å². The Bertz CT molecular complexity index is 642. The SMILES string of the molecule is Cn1nc(N)n(-c2ccc(OC(F)(F)F)cc2)c1=O. The zero-order valence-electron chi connectivity index (χ0n) is 9.68. The normalized spacial score (nSPS) is 11.6. The van der Waals surface area contributed by atoms with Crippen molar-refractivity contribution < 1.29 is 17.9 Å². The summed E-state index contributed by atoms with van der Waals surface area (Å²) in [6.45, 7) is 0. The maximum absolute atomic E-state index is 12.0. The van der Waals surface area contributed by atoms with Gasteiger partial charge >= 0.3 is 12.1 Å². The third-order valence-electron chi connectivity index (χ3n) is 2.28. The molecule has 0 unspecified atom stereocenters. The third kappa shape index (κ3) is 2.69. The molecule has 0 fully saturated rings. The van der Waals surface area contributed by atoms with Gasteiger partial charge in [-0.2, -0.15) is 0 Å². The fourth-order valence-electron chi connectivity index (χ4n) is 1.52. The second kappa shape index (κ2) is 4.34. The Hall–Kier alpha value is -2.45. The van der Waals surface area contributed by atoms with Gasteiger partial charge in [0.1, 0.15) is 5.75 Å². The molecule has 1 aromatic heterocycles. The molecular formula is C10H9F3N4O2. The Kier molecular flexibility index (Phi) is 2.97. The van der Waals surface area contributed by atoms with Gasteiger partial charge in [-0.1, -0.05) is 0 Å². The minimum absolute atomic E-state index is 0.0583. The molecule has 19 heavy (non-hydrogen) atoms. The van der Waals surface area contributed by atoms with Gasteiger partial charge in [-0.25, -0.2) is 14.0 Å². The van der Waals surface area contributed by atoms with E-state index in [4.69, 9.17) is 5.73 Å². The average molecular weight is 274 g/mol. The van der Waals surface area contributed by atoms with E-state index in [0.717, 1.165) is 21.4 Å². The van der Waals surface area contributed by atoms with Crippen LogP contribution < -0.4 is 16.2 Å². The number of anilines is 1. The first-order valence-corrected chi connectivity index (χ1v) is 5.05. The van der Waals surface area contributed by atoms with Crippen molar-refractivity contribution in [2.45, 2.75) is 6.36 Å². The van der Waals surface area contributed by atoms with E-state index in [0.29, 0.717) is 5.69 Å². The minimum atomic E-state index is -4.76. The lowest BCUT2D eigenvalue weighted by Crippen LogP contribution is -2.22. The molecule has 0 radical (unpaired) electrons. The molecule has 1 aromatic carbocycles. The number of nitrogen functional groups attached to an aromatic ring is 1. The van der Waals surface area contributed by atoms with Gasteiger partial charge in [-0.15, -0.1) is 18.3 Å². The molecule has 0 aliphatic carbocycles. The summed E-state index contributed by atoms with van der Waals surface area (Å²) in [5.74, 6) is -0.441. The van der Waals surface area contributed by atoms with Crippen molar-refractivity contribution in [2.75, 3.05) is 5.73 Å². The van der Waals surface area contributed by atoms with Crippen molar-refractivity contribution in [3.8, 4) is 11.4 Å². The lowest BCUT2D eigenvalue weighted by molar-refractivity contribution is -0.274. The molecule has 6 nitrogen and oxygen atoms in total. The van der Waals surface area contributed by atoms with Crippen LogP contribution in [0.2, 0.25) is 0 Å². The van der Waals surface area contributed by atoms with E-state index in [1.807, 2.05) is 0 Å². The topological polar surface area (TPSA) is 75.1 Å². The minimum Gasteiger partial charge on any atom is -0.406 e. The summed E-state index contributed by atoms with van der Waals surface area (Å²) < 4.78 is 41.8. The van der Waals surface area contributed by atoms with Crippen molar-refractivity contribution >= 4 is 5.95 Å². The molecule has 2 aromatic rings. The van der Waals surface area contributed by atoms with E-state index in [1.54, 1.807) is 0 Å². The molecule has 0 saturated heterocycles. The maximum Gasteiger partial charge on any atom is 0.573 e. The van der Waals surface area contributed by atoms with Crippen LogP contribution in [0, 0.1) is 0 Å². The Morgan fingerprint density at radius 1 is 1.26 bits per heavy atom. The highest BCUT2D eigenvalue weighted by Gasteiger charge is 2.31. The second-order valence-electron chi connectivity index (χ2n) is 3.64. The summed E-state index contributed by atoms with van der Waals surface area (Å²) in [5.41, 5.74) is 5.33. The Morgan fingerprint density at radius 3 is 2.26 bits per heavy atom. The van der Waals surface area contributed by atoms with E-state index >= 15 is 0 Å². The van der Waals surface area contributed by atoms with Crippen LogP contribution in [0.4, 0.5) is 19.1 Å². The standard InChI is InChI=1S/C10H9F3N4O2/c1-16-9(18)17(8(14)15-16)6-2-4-7(5-3-6)19-10(11,12)13/h2-5H,1H3,(H2,14,15). The van der Waals surface area contributed by atoms with Crippen LogP contribution in [0.1, 0.15) is 0 Å². The van der Waals surface area contributed by atoms with Crippen LogP contribution in [0.25, 0.3) is 5.69 Å². The summed E-state index contributed by atoms with van der Waals surface area (Å²) in [4.78, 5) is 11.7. The van der Waals surface area contributed by atoms with E-state index in [9.17, 15) is 18.0 Å². The number of aromatic nitrogens is 3. The number of aryl methyl sites for hydroxylation is 1. The highest BCUT2D eigenvalue weighted by atomic mass is 19.4. The summed E-state index contributed by atoms with van der Waals surface area (Å²) >= 11 is 0. The summed E-state index contributed by atoms with van der Waals surface area (Å²) in [6.07, 6.45) is -4.76. The molecule has 0 bridgehead atoms. The Balaban J connectivity index is 2.35. The van der Waals surface area contributed by atoms with Gasteiger partial charge in [-0.3, -0.25) is 0 Å². The quantitative estimate of drug-likeness (QED) is 0.888. The number of hydrogen-bond donors (Lipinski definition) is 1. The molecule has 102 valence electrons. The molecule has 9 heteroatoms. The third-order valence-corrected chi connectivity index (χ3v) is 2.28. The number of nitrogens with zero attached hydrogens (tertiary/aromatic N) is 3. The van der Waals surface area contributed by atoms with Gasteiger partial charge in [-0.05, 0) is 24.3 Å². The van der Waals surface area contributed by atoms with Crippen molar-refractivity contribution in [1.82, 2.24) is 14.3 Å². The molecule has 1 heterocycles. The van der Waals surface area contributed by atoms with Crippen molar-refractivity contribution in [2.24, 2.45) is 7.05 Å². The molecule has 2 rings (SSSR count). The number of hydrogen-bond acceptors (Lipinski definition) is 4. The first-order chi connectivity index (χ1) is 8.78. The van der Waals surface area contributed by atoms with Crippen molar-refractivity contribution in [3.63, 3.8) is 0 Å². The number of nitrogens with two attached hydrogens (primary N) is 1. The number of halogens is 3. The van der Waals surface area contributed by atoms with Gasteiger partial charge in [0.05, 0.1) is 5.69 Å². The number of benzene rings is 1. The van der Waals surface area contributed by atoms with Crippen LogP contribution in [0.3, 0.4) is 0 Å². The van der Waals surface area contributed by atoms with E-state index < -0.39 is 12.1 Å². The zero-order valence-corrected chi connectivity index (χ0v) is 9.68. The van der Waals surface area contributed by atoms with Crippen LogP contribution in [0.5, 0.6) is 5.75 Å². The maximum atomic E-state index is 12.0. The molecule has 0 aliphatic rings. The molecule has 0 spiro atoms.